The third-order valence-corrected chi connectivity index (χ3v) is 6.40. The third-order valence-electron chi connectivity index (χ3n) is 6.40. The molecule has 0 unspecified atom stereocenters. The number of furan rings is 1. The molecule has 4 fully saturated rings. The topological polar surface area (TPSA) is 25.5 Å². The second-order valence-electron chi connectivity index (χ2n) is 8.02. The zero-order valence-corrected chi connectivity index (χ0v) is 13.4. The van der Waals surface area contributed by atoms with E-state index < -0.39 is 0 Å². The van der Waals surface area contributed by atoms with Gasteiger partial charge < -0.3 is 4.42 Å². The predicted molar refractivity (Wildman–Crippen MR) is 92.3 cm³/mol. The summed E-state index contributed by atoms with van der Waals surface area (Å²) in [6.45, 7) is 0. The van der Waals surface area contributed by atoms with E-state index in [1.54, 1.807) is 18.0 Å². The van der Waals surface area contributed by atoms with Crippen LogP contribution in [0.4, 0.5) is 5.69 Å². The van der Waals surface area contributed by atoms with Crippen LogP contribution in [0.15, 0.2) is 52.1 Å². The SMILES string of the molecule is C(=Nc1ccc(C23CC4CC(CC(C4)C2)C3)cc1)c1ccco1. The third kappa shape index (κ3) is 2.36. The van der Waals surface area contributed by atoms with E-state index in [1.807, 2.05) is 12.1 Å². The average molecular weight is 305 g/mol. The molecule has 2 heteroatoms. The molecule has 0 saturated heterocycles. The molecule has 2 aromatic rings. The van der Waals surface area contributed by atoms with Gasteiger partial charge in [0.15, 0.2) is 0 Å². The molecule has 0 aliphatic heterocycles. The number of aliphatic imine (C=N–C) groups is 1. The standard InChI is InChI=1S/C21H23NO/c1-2-20(23-7-1)14-22-19-5-3-18(4-6-19)21-11-15-8-16(12-21)10-17(9-15)13-21/h1-7,14-17H,8-13H2. The van der Waals surface area contributed by atoms with Crippen LogP contribution >= 0.6 is 0 Å². The monoisotopic (exact) mass is 305 g/mol. The number of benzene rings is 1. The molecule has 0 atom stereocenters. The molecular formula is C21H23NO. The first-order chi connectivity index (χ1) is 11.3. The summed E-state index contributed by atoms with van der Waals surface area (Å²) < 4.78 is 5.29. The molecule has 1 heterocycles. The first-order valence-electron chi connectivity index (χ1n) is 8.97. The van der Waals surface area contributed by atoms with Crippen LogP contribution in [-0.4, -0.2) is 6.21 Å². The predicted octanol–water partition coefficient (Wildman–Crippen LogP) is 5.50. The van der Waals surface area contributed by atoms with Crippen molar-refractivity contribution in [2.24, 2.45) is 22.7 Å². The van der Waals surface area contributed by atoms with Crippen molar-refractivity contribution < 1.29 is 4.42 Å². The Labute approximate surface area is 137 Å². The fourth-order valence-electron chi connectivity index (χ4n) is 5.87. The fourth-order valence-corrected chi connectivity index (χ4v) is 5.87. The van der Waals surface area contributed by atoms with Crippen LogP contribution in [0, 0.1) is 17.8 Å². The molecule has 4 aliphatic carbocycles. The molecular weight excluding hydrogens is 282 g/mol. The number of hydrogen-bond acceptors (Lipinski definition) is 2. The highest BCUT2D eigenvalue weighted by Gasteiger charge is 2.51. The lowest BCUT2D eigenvalue weighted by Gasteiger charge is -2.57. The van der Waals surface area contributed by atoms with Crippen molar-refractivity contribution in [1.82, 2.24) is 0 Å². The van der Waals surface area contributed by atoms with Crippen LogP contribution in [0.5, 0.6) is 0 Å². The van der Waals surface area contributed by atoms with Gasteiger partial charge in [0, 0.05) is 0 Å². The molecule has 1 aromatic carbocycles. The molecule has 23 heavy (non-hydrogen) atoms. The fraction of sp³-hybridized carbons (Fsp3) is 0.476. The Kier molecular flexibility index (Phi) is 3.01. The van der Waals surface area contributed by atoms with Gasteiger partial charge in [-0.25, -0.2) is 0 Å². The van der Waals surface area contributed by atoms with Crippen molar-refractivity contribution in [2.75, 3.05) is 0 Å². The highest BCUT2D eigenvalue weighted by atomic mass is 16.3. The average Bonchev–Trinajstić information content (AvgIpc) is 3.05. The van der Waals surface area contributed by atoms with E-state index in [1.165, 1.54) is 38.5 Å². The summed E-state index contributed by atoms with van der Waals surface area (Å²) in [6.07, 6.45) is 12.3. The second-order valence-corrected chi connectivity index (χ2v) is 8.02. The molecule has 4 aliphatic rings. The zero-order chi connectivity index (χ0) is 15.3. The van der Waals surface area contributed by atoms with Gasteiger partial charge in [0.1, 0.15) is 5.76 Å². The number of nitrogens with zero attached hydrogens (tertiary/aromatic N) is 1. The van der Waals surface area contributed by atoms with Gasteiger partial charge in [-0.15, -0.1) is 0 Å². The van der Waals surface area contributed by atoms with E-state index in [4.69, 9.17) is 4.42 Å². The van der Waals surface area contributed by atoms with Crippen molar-refractivity contribution in [2.45, 2.75) is 43.9 Å². The Morgan fingerprint density at radius 1 is 0.913 bits per heavy atom. The van der Waals surface area contributed by atoms with E-state index in [-0.39, 0.29) is 0 Å². The Bertz CT molecular complexity index is 676. The van der Waals surface area contributed by atoms with E-state index in [2.05, 4.69) is 29.3 Å². The number of rotatable bonds is 3. The van der Waals surface area contributed by atoms with Crippen molar-refractivity contribution in [3.8, 4) is 0 Å². The molecule has 4 saturated carbocycles. The molecule has 2 nitrogen and oxygen atoms in total. The van der Waals surface area contributed by atoms with Gasteiger partial charge in [-0.1, -0.05) is 12.1 Å². The minimum atomic E-state index is 0.484. The lowest BCUT2D eigenvalue weighted by Crippen LogP contribution is -2.48. The summed E-state index contributed by atoms with van der Waals surface area (Å²) in [6, 6.07) is 12.8. The minimum absolute atomic E-state index is 0.484. The summed E-state index contributed by atoms with van der Waals surface area (Å²) in [5, 5.41) is 0. The van der Waals surface area contributed by atoms with E-state index in [9.17, 15) is 0 Å². The van der Waals surface area contributed by atoms with Crippen LogP contribution in [0.1, 0.15) is 49.8 Å². The summed E-state index contributed by atoms with van der Waals surface area (Å²) in [5.74, 6) is 3.80. The lowest BCUT2D eigenvalue weighted by molar-refractivity contribution is -0.00518. The molecule has 0 spiro atoms. The second kappa shape index (κ2) is 5.09. The molecule has 0 N–H and O–H groups in total. The Hall–Kier alpha value is -1.83. The largest absolute Gasteiger partial charge is 0.463 e. The van der Waals surface area contributed by atoms with Gasteiger partial charge in [0.05, 0.1) is 18.2 Å². The smallest absolute Gasteiger partial charge is 0.144 e. The summed E-state index contributed by atoms with van der Waals surface area (Å²) in [5.41, 5.74) is 3.06. The van der Waals surface area contributed by atoms with Gasteiger partial charge in [0.2, 0.25) is 0 Å². The summed E-state index contributed by atoms with van der Waals surface area (Å²) >= 11 is 0. The van der Waals surface area contributed by atoms with Gasteiger partial charge in [-0.2, -0.15) is 0 Å². The van der Waals surface area contributed by atoms with Crippen LogP contribution in [-0.2, 0) is 5.41 Å². The molecule has 1 aromatic heterocycles. The molecule has 0 amide bonds. The Morgan fingerprint density at radius 2 is 1.57 bits per heavy atom. The maximum atomic E-state index is 5.29. The Balaban J connectivity index is 1.39. The van der Waals surface area contributed by atoms with Crippen LogP contribution in [0.25, 0.3) is 0 Å². The van der Waals surface area contributed by atoms with Crippen molar-refractivity contribution >= 4 is 11.9 Å². The normalized spacial score (nSPS) is 35.2. The Morgan fingerprint density at radius 3 is 2.13 bits per heavy atom. The lowest BCUT2D eigenvalue weighted by atomic mass is 9.48. The highest BCUT2D eigenvalue weighted by molar-refractivity contribution is 5.78. The summed E-state index contributed by atoms with van der Waals surface area (Å²) in [7, 11) is 0. The maximum Gasteiger partial charge on any atom is 0.144 e. The van der Waals surface area contributed by atoms with Gasteiger partial charge >= 0.3 is 0 Å². The van der Waals surface area contributed by atoms with E-state index in [0.717, 1.165) is 29.2 Å². The summed E-state index contributed by atoms with van der Waals surface area (Å²) in [4.78, 5) is 4.52. The van der Waals surface area contributed by atoms with Crippen LogP contribution in [0.2, 0.25) is 0 Å². The van der Waals surface area contributed by atoms with Gasteiger partial charge in [0.25, 0.3) is 0 Å². The quantitative estimate of drug-likeness (QED) is 0.688. The highest BCUT2D eigenvalue weighted by Crippen LogP contribution is 2.60. The molecule has 6 rings (SSSR count). The first-order valence-corrected chi connectivity index (χ1v) is 8.97. The minimum Gasteiger partial charge on any atom is -0.463 e. The first kappa shape index (κ1) is 13.6. The molecule has 0 radical (unpaired) electrons. The van der Waals surface area contributed by atoms with E-state index in [0.29, 0.717) is 5.41 Å². The number of hydrogen-bond donors (Lipinski definition) is 0. The van der Waals surface area contributed by atoms with Crippen LogP contribution in [0.3, 0.4) is 0 Å². The van der Waals surface area contributed by atoms with Crippen LogP contribution < -0.4 is 0 Å². The van der Waals surface area contributed by atoms with Crippen molar-refractivity contribution in [1.29, 1.82) is 0 Å². The van der Waals surface area contributed by atoms with Gasteiger partial charge in [-0.3, -0.25) is 4.99 Å². The van der Waals surface area contributed by atoms with E-state index >= 15 is 0 Å². The zero-order valence-electron chi connectivity index (χ0n) is 13.4. The van der Waals surface area contributed by atoms with Crippen molar-refractivity contribution in [3.63, 3.8) is 0 Å². The molecule has 118 valence electrons. The van der Waals surface area contributed by atoms with Gasteiger partial charge in [-0.05, 0) is 91.5 Å². The van der Waals surface area contributed by atoms with Crippen molar-refractivity contribution in [3.05, 3.63) is 54.0 Å². The maximum absolute atomic E-state index is 5.29. The molecule has 4 bridgehead atoms.